The summed E-state index contributed by atoms with van der Waals surface area (Å²) in [5.74, 6) is -0.0366. The van der Waals surface area contributed by atoms with Crippen LogP contribution < -0.4 is 0 Å². The van der Waals surface area contributed by atoms with E-state index in [1.807, 2.05) is 18.2 Å². The predicted octanol–water partition coefficient (Wildman–Crippen LogP) is 2.07. The molecule has 1 fully saturated rings. The highest BCUT2D eigenvalue weighted by molar-refractivity contribution is 5.86. The Morgan fingerprint density at radius 2 is 2.21 bits per heavy atom. The van der Waals surface area contributed by atoms with Crippen LogP contribution in [-0.2, 0) is 0 Å². The molecule has 0 atom stereocenters. The zero-order valence-corrected chi connectivity index (χ0v) is 10.5. The Kier molecular flexibility index (Phi) is 2.83. The van der Waals surface area contributed by atoms with E-state index in [9.17, 15) is 4.79 Å². The number of aromatic nitrogens is 1. The lowest BCUT2D eigenvalue weighted by Gasteiger charge is -2.36. The minimum Gasteiger partial charge on any atom is -0.476 e. The molecule has 98 valence electrons. The number of rotatable bonds is 3. The third kappa shape index (κ3) is 2.24. The van der Waals surface area contributed by atoms with E-state index in [2.05, 4.69) is 23.2 Å². The fourth-order valence-corrected chi connectivity index (χ4v) is 2.37. The van der Waals surface area contributed by atoms with Crippen LogP contribution >= 0.6 is 0 Å². The van der Waals surface area contributed by atoms with Crippen molar-refractivity contribution in [2.75, 3.05) is 20.1 Å². The summed E-state index contributed by atoms with van der Waals surface area (Å²) in [7, 11) is 2.09. The summed E-state index contributed by atoms with van der Waals surface area (Å²) < 4.78 is 5.08. The molecule has 2 aromatic rings. The van der Waals surface area contributed by atoms with Crippen molar-refractivity contribution < 1.29 is 14.4 Å². The summed E-state index contributed by atoms with van der Waals surface area (Å²) in [6.45, 7) is 2.11. The highest BCUT2D eigenvalue weighted by Gasteiger charge is 2.25. The van der Waals surface area contributed by atoms with Gasteiger partial charge in [-0.05, 0) is 18.7 Å². The lowest BCUT2D eigenvalue weighted by molar-refractivity contribution is 0.0686. The van der Waals surface area contributed by atoms with Crippen LogP contribution in [0.5, 0.6) is 0 Å². The van der Waals surface area contributed by atoms with E-state index in [1.54, 1.807) is 0 Å². The summed E-state index contributed by atoms with van der Waals surface area (Å²) in [5, 5.41) is 12.4. The van der Waals surface area contributed by atoms with Crippen LogP contribution in [0.2, 0.25) is 0 Å². The Morgan fingerprint density at radius 3 is 2.84 bits per heavy atom. The molecule has 0 spiro atoms. The van der Waals surface area contributed by atoms with Gasteiger partial charge in [-0.1, -0.05) is 23.4 Å². The fraction of sp³-hybridized carbons (Fsp3) is 0.286. The highest BCUT2D eigenvalue weighted by atomic mass is 16.5. The van der Waals surface area contributed by atoms with E-state index in [1.165, 1.54) is 11.6 Å². The van der Waals surface area contributed by atoms with Gasteiger partial charge in [0.05, 0.1) is 0 Å². The largest absolute Gasteiger partial charge is 0.476 e. The molecule has 0 radical (unpaired) electrons. The first-order chi connectivity index (χ1) is 9.13. The molecule has 19 heavy (non-hydrogen) atoms. The van der Waals surface area contributed by atoms with Crippen molar-refractivity contribution in [2.24, 2.45) is 0 Å². The fourth-order valence-electron chi connectivity index (χ4n) is 2.37. The summed E-state index contributed by atoms with van der Waals surface area (Å²) in [4.78, 5) is 13.0. The Morgan fingerprint density at radius 1 is 1.42 bits per heavy atom. The third-order valence-corrected chi connectivity index (χ3v) is 3.44. The van der Waals surface area contributed by atoms with Gasteiger partial charge >= 0.3 is 5.97 Å². The van der Waals surface area contributed by atoms with Crippen LogP contribution in [0.15, 0.2) is 34.9 Å². The Labute approximate surface area is 110 Å². The molecule has 2 heterocycles. The lowest BCUT2D eigenvalue weighted by Crippen LogP contribution is -2.41. The first-order valence-electron chi connectivity index (χ1n) is 6.12. The average Bonchev–Trinajstić information content (AvgIpc) is 2.85. The predicted molar refractivity (Wildman–Crippen MR) is 69.1 cm³/mol. The van der Waals surface area contributed by atoms with Crippen molar-refractivity contribution >= 4 is 5.97 Å². The molecular weight excluding hydrogens is 244 g/mol. The van der Waals surface area contributed by atoms with Crippen molar-refractivity contribution in [3.63, 3.8) is 0 Å². The van der Waals surface area contributed by atoms with E-state index < -0.39 is 5.97 Å². The molecule has 0 unspecified atom stereocenters. The number of benzene rings is 1. The molecule has 3 rings (SSSR count). The van der Waals surface area contributed by atoms with Crippen LogP contribution in [0, 0.1) is 0 Å². The first-order valence-corrected chi connectivity index (χ1v) is 6.12. The van der Waals surface area contributed by atoms with Crippen LogP contribution in [0.3, 0.4) is 0 Å². The van der Waals surface area contributed by atoms with Crippen molar-refractivity contribution in [2.45, 2.75) is 5.92 Å². The molecule has 1 N–H and O–H groups in total. The number of nitrogens with zero attached hydrogens (tertiary/aromatic N) is 2. The van der Waals surface area contributed by atoms with Crippen molar-refractivity contribution in [3.05, 3.63) is 41.6 Å². The van der Waals surface area contributed by atoms with Crippen LogP contribution in [0.4, 0.5) is 0 Å². The maximum absolute atomic E-state index is 10.8. The van der Waals surface area contributed by atoms with Gasteiger partial charge in [-0.3, -0.25) is 0 Å². The molecule has 1 aliphatic rings. The summed E-state index contributed by atoms with van der Waals surface area (Å²) in [6, 6.07) is 9.46. The van der Waals surface area contributed by atoms with Crippen molar-refractivity contribution in [1.29, 1.82) is 0 Å². The molecule has 1 aromatic heterocycles. The molecule has 1 aromatic carbocycles. The smallest absolute Gasteiger partial charge is 0.358 e. The topological polar surface area (TPSA) is 66.6 Å². The molecule has 0 bridgehead atoms. The van der Waals surface area contributed by atoms with Gasteiger partial charge in [0.15, 0.2) is 11.5 Å². The number of likely N-dealkylation sites (tertiary alicyclic amines) is 1. The maximum atomic E-state index is 10.8. The van der Waals surface area contributed by atoms with E-state index in [0.717, 1.165) is 18.7 Å². The molecule has 5 nitrogen and oxygen atoms in total. The molecule has 0 saturated carbocycles. The first kappa shape index (κ1) is 11.9. The third-order valence-electron chi connectivity index (χ3n) is 3.44. The zero-order chi connectivity index (χ0) is 13.4. The monoisotopic (exact) mass is 258 g/mol. The van der Waals surface area contributed by atoms with Gasteiger partial charge in [0.25, 0.3) is 0 Å². The van der Waals surface area contributed by atoms with E-state index in [4.69, 9.17) is 9.63 Å². The van der Waals surface area contributed by atoms with Crippen molar-refractivity contribution in [3.8, 4) is 11.3 Å². The normalized spacial score (nSPS) is 16.3. The zero-order valence-electron chi connectivity index (χ0n) is 10.5. The van der Waals surface area contributed by atoms with E-state index in [0.29, 0.717) is 11.7 Å². The summed E-state index contributed by atoms with van der Waals surface area (Å²) >= 11 is 0. The number of likely N-dealkylation sites (N-methyl/N-ethyl adjacent to an activating group) is 1. The lowest BCUT2D eigenvalue weighted by atomic mass is 9.91. The van der Waals surface area contributed by atoms with Gasteiger partial charge in [0, 0.05) is 30.6 Å². The minimum atomic E-state index is -1.08. The molecule has 1 aliphatic heterocycles. The maximum Gasteiger partial charge on any atom is 0.358 e. The molecular formula is C14H14N2O3. The Bertz CT molecular complexity index is 615. The number of carboxylic acids is 1. The Balaban J connectivity index is 1.87. The van der Waals surface area contributed by atoms with Gasteiger partial charge in [-0.2, -0.15) is 0 Å². The average molecular weight is 258 g/mol. The number of carboxylic acid groups (broad SMARTS) is 1. The van der Waals surface area contributed by atoms with Crippen LogP contribution in [0.1, 0.15) is 22.0 Å². The van der Waals surface area contributed by atoms with Gasteiger partial charge in [-0.15, -0.1) is 0 Å². The molecule has 0 amide bonds. The van der Waals surface area contributed by atoms with Crippen LogP contribution in [-0.4, -0.2) is 41.3 Å². The van der Waals surface area contributed by atoms with Gasteiger partial charge in [0.1, 0.15) is 0 Å². The van der Waals surface area contributed by atoms with Gasteiger partial charge in [0.2, 0.25) is 0 Å². The minimum absolute atomic E-state index is 0.0659. The standard InChI is InChI=1S/C14H14N2O3/c1-16-7-11(8-16)9-3-2-4-10(5-9)13-6-12(14(17)18)15-19-13/h2-6,11H,7-8H2,1H3,(H,17,18). The molecule has 1 saturated heterocycles. The SMILES string of the molecule is CN1CC(c2cccc(-c3cc(C(=O)O)no3)c2)C1. The van der Waals surface area contributed by atoms with Gasteiger partial charge < -0.3 is 14.5 Å². The Hall–Kier alpha value is -2.14. The summed E-state index contributed by atoms with van der Waals surface area (Å²) in [6.07, 6.45) is 0. The number of aromatic carboxylic acids is 1. The highest BCUT2D eigenvalue weighted by Crippen LogP contribution is 2.29. The number of hydrogen-bond acceptors (Lipinski definition) is 4. The summed E-state index contributed by atoms with van der Waals surface area (Å²) in [5.41, 5.74) is 2.06. The van der Waals surface area contributed by atoms with Gasteiger partial charge in [-0.25, -0.2) is 4.79 Å². The number of hydrogen-bond donors (Lipinski definition) is 1. The molecule has 5 heteroatoms. The number of carbonyl (C=O) groups is 1. The second kappa shape index (κ2) is 4.51. The van der Waals surface area contributed by atoms with Crippen LogP contribution in [0.25, 0.3) is 11.3 Å². The second-order valence-electron chi connectivity index (χ2n) is 4.93. The van der Waals surface area contributed by atoms with E-state index in [-0.39, 0.29) is 5.69 Å². The van der Waals surface area contributed by atoms with Crippen molar-refractivity contribution in [1.82, 2.24) is 10.1 Å². The van der Waals surface area contributed by atoms with E-state index >= 15 is 0 Å². The molecule has 0 aliphatic carbocycles. The second-order valence-corrected chi connectivity index (χ2v) is 4.93. The quantitative estimate of drug-likeness (QED) is 0.912.